The van der Waals surface area contributed by atoms with E-state index in [2.05, 4.69) is 41.5 Å². The summed E-state index contributed by atoms with van der Waals surface area (Å²) >= 11 is 0. The van der Waals surface area contributed by atoms with Crippen LogP contribution in [0.2, 0.25) is 0 Å². The summed E-state index contributed by atoms with van der Waals surface area (Å²) in [6.07, 6.45) is 0.997. The molecule has 1 unspecified atom stereocenters. The Bertz CT molecular complexity index is 502. The van der Waals surface area contributed by atoms with Crippen LogP contribution < -0.4 is 0 Å². The minimum atomic E-state index is -0.176. The normalized spacial score (nSPS) is 11.8. The molecule has 0 radical (unpaired) electrons. The molecule has 0 spiro atoms. The molecule has 3 nitrogen and oxygen atoms in total. The zero-order valence-electron chi connectivity index (χ0n) is 15.7. The summed E-state index contributed by atoms with van der Waals surface area (Å²) in [5.41, 5.74) is 2.63. The molecule has 1 rings (SSSR count). The lowest BCUT2D eigenvalue weighted by molar-refractivity contribution is -0.143. The van der Waals surface area contributed by atoms with Gasteiger partial charge in [0.25, 0.3) is 0 Å². The topological polar surface area (TPSA) is 46.5 Å². The van der Waals surface area contributed by atoms with Crippen molar-refractivity contribution in [3.63, 3.8) is 0 Å². The molecule has 0 amide bonds. The minimum absolute atomic E-state index is 0. The van der Waals surface area contributed by atoms with Crippen molar-refractivity contribution in [2.45, 2.75) is 72.1 Å². The summed E-state index contributed by atoms with van der Waals surface area (Å²) in [6.45, 7) is 14.7. The SMILES string of the molecule is CCOC(=O)CCc1cc(C(C)(C)C)c(O)c(C(C)(C)C)c1.P. The number of rotatable bonds is 4. The van der Waals surface area contributed by atoms with Gasteiger partial charge >= 0.3 is 5.97 Å². The molecule has 0 aliphatic carbocycles. The van der Waals surface area contributed by atoms with Gasteiger partial charge in [0.15, 0.2) is 0 Å². The Balaban J connectivity index is 0.00000484. The van der Waals surface area contributed by atoms with E-state index >= 15 is 0 Å². The molecule has 1 atom stereocenters. The van der Waals surface area contributed by atoms with Gasteiger partial charge < -0.3 is 9.84 Å². The molecule has 1 aromatic carbocycles. The van der Waals surface area contributed by atoms with Gasteiger partial charge in [0.1, 0.15) is 5.75 Å². The van der Waals surface area contributed by atoms with Gasteiger partial charge in [0.2, 0.25) is 0 Å². The van der Waals surface area contributed by atoms with Crippen LogP contribution in [0.3, 0.4) is 0 Å². The number of aromatic hydroxyl groups is 1. The Morgan fingerprint density at radius 3 is 1.83 bits per heavy atom. The number of ether oxygens (including phenoxy) is 1. The van der Waals surface area contributed by atoms with E-state index < -0.39 is 0 Å². The third kappa shape index (κ3) is 6.14. The van der Waals surface area contributed by atoms with Crippen LogP contribution in [0, 0.1) is 0 Å². The van der Waals surface area contributed by atoms with Gasteiger partial charge in [0.05, 0.1) is 6.61 Å². The Morgan fingerprint density at radius 2 is 1.48 bits per heavy atom. The van der Waals surface area contributed by atoms with Crippen molar-refractivity contribution in [1.82, 2.24) is 0 Å². The molecule has 1 aromatic rings. The quantitative estimate of drug-likeness (QED) is 0.646. The van der Waals surface area contributed by atoms with Gasteiger partial charge in [0, 0.05) is 6.42 Å². The fourth-order valence-corrected chi connectivity index (χ4v) is 2.46. The summed E-state index contributed by atoms with van der Waals surface area (Å²) in [5.74, 6) is 0.199. The number of aryl methyl sites for hydroxylation is 1. The van der Waals surface area contributed by atoms with Crippen molar-refractivity contribution >= 4 is 15.9 Å². The van der Waals surface area contributed by atoms with E-state index in [1.54, 1.807) is 0 Å². The summed E-state index contributed by atoms with van der Waals surface area (Å²) in [7, 11) is 0. The molecule has 132 valence electrons. The Hall–Kier alpha value is -1.08. The second kappa shape index (κ2) is 8.15. The van der Waals surface area contributed by atoms with Gasteiger partial charge in [-0.15, -0.1) is 0 Å². The molecule has 0 aliphatic heterocycles. The minimum Gasteiger partial charge on any atom is -0.507 e. The molecular weight excluding hydrogens is 307 g/mol. The van der Waals surface area contributed by atoms with Gasteiger partial charge in [-0.2, -0.15) is 9.90 Å². The lowest BCUT2D eigenvalue weighted by atomic mass is 9.78. The monoisotopic (exact) mass is 340 g/mol. The van der Waals surface area contributed by atoms with E-state index in [4.69, 9.17) is 4.74 Å². The summed E-state index contributed by atoms with van der Waals surface area (Å²) in [6, 6.07) is 4.04. The van der Waals surface area contributed by atoms with Gasteiger partial charge in [-0.1, -0.05) is 53.7 Å². The summed E-state index contributed by atoms with van der Waals surface area (Å²) in [4.78, 5) is 11.6. The average molecular weight is 340 g/mol. The summed E-state index contributed by atoms with van der Waals surface area (Å²) < 4.78 is 4.99. The fraction of sp³-hybridized carbons (Fsp3) is 0.632. The lowest BCUT2D eigenvalue weighted by Gasteiger charge is -2.28. The molecule has 4 heteroatoms. The molecule has 0 fully saturated rings. The second-order valence-electron chi connectivity index (χ2n) is 7.84. The number of hydrogen-bond acceptors (Lipinski definition) is 3. The zero-order valence-corrected chi connectivity index (χ0v) is 17.2. The first kappa shape index (κ1) is 21.9. The van der Waals surface area contributed by atoms with E-state index in [0.717, 1.165) is 16.7 Å². The highest BCUT2D eigenvalue weighted by Crippen LogP contribution is 2.39. The van der Waals surface area contributed by atoms with Crippen LogP contribution in [-0.4, -0.2) is 17.7 Å². The van der Waals surface area contributed by atoms with E-state index in [1.807, 2.05) is 19.1 Å². The number of phenolic OH excluding ortho intramolecular Hbond substituents is 1. The molecule has 23 heavy (non-hydrogen) atoms. The number of hydrogen-bond donors (Lipinski definition) is 1. The number of phenols is 1. The van der Waals surface area contributed by atoms with Crippen LogP contribution in [0.4, 0.5) is 0 Å². The highest BCUT2D eigenvalue weighted by atomic mass is 31.0. The standard InChI is InChI=1S/C19H30O3.H3P/c1-8-22-16(20)10-9-13-11-14(18(2,3)4)17(21)15(12-13)19(5,6)7;/h11-12,21H,8-10H2,1-7H3;1H3. The van der Waals surface area contributed by atoms with E-state index in [9.17, 15) is 9.90 Å². The van der Waals surface area contributed by atoms with Crippen molar-refractivity contribution in [3.8, 4) is 5.75 Å². The molecular formula is C19H33O3P. The predicted molar refractivity (Wildman–Crippen MR) is 102 cm³/mol. The van der Waals surface area contributed by atoms with Crippen LogP contribution in [0.1, 0.15) is 71.6 Å². The van der Waals surface area contributed by atoms with Crippen molar-refractivity contribution < 1.29 is 14.6 Å². The van der Waals surface area contributed by atoms with Crippen molar-refractivity contribution in [1.29, 1.82) is 0 Å². The van der Waals surface area contributed by atoms with Crippen LogP contribution in [-0.2, 0) is 26.8 Å². The Morgan fingerprint density at radius 1 is 1.04 bits per heavy atom. The predicted octanol–water partition coefficient (Wildman–Crippen LogP) is 4.54. The number of benzene rings is 1. The highest BCUT2D eigenvalue weighted by molar-refractivity contribution is 6.92. The van der Waals surface area contributed by atoms with E-state index in [-0.39, 0.29) is 26.7 Å². The maximum atomic E-state index is 11.6. The van der Waals surface area contributed by atoms with Gasteiger partial charge in [-0.3, -0.25) is 4.79 Å². The molecule has 1 N–H and O–H groups in total. The molecule has 0 aromatic heterocycles. The van der Waals surface area contributed by atoms with Gasteiger partial charge in [-0.05, 0) is 40.9 Å². The smallest absolute Gasteiger partial charge is 0.306 e. The van der Waals surface area contributed by atoms with E-state index in [1.165, 1.54) is 0 Å². The first-order valence-electron chi connectivity index (χ1n) is 7.99. The number of esters is 1. The molecule has 0 aliphatic rings. The second-order valence-corrected chi connectivity index (χ2v) is 7.84. The molecule has 0 saturated heterocycles. The molecule has 0 saturated carbocycles. The third-order valence-corrected chi connectivity index (χ3v) is 3.71. The molecule has 0 bridgehead atoms. The van der Waals surface area contributed by atoms with Crippen LogP contribution in [0.25, 0.3) is 0 Å². The molecule has 0 heterocycles. The number of carbonyl (C=O) groups excluding carboxylic acids is 1. The van der Waals surface area contributed by atoms with Crippen molar-refractivity contribution in [3.05, 3.63) is 28.8 Å². The van der Waals surface area contributed by atoms with Crippen molar-refractivity contribution in [2.24, 2.45) is 0 Å². The lowest BCUT2D eigenvalue weighted by Crippen LogP contribution is -2.18. The van der Waals surface area contributed by atoms with Crippen LogP contribution in [0.15, 0.2) is 12.1 Å². The van der Waals surface area contributed by atoms with Crippen LogP contribution in [0.5, 0.6) is 5.75 Å². The number of carbonyl (C=O) groups is 1. The zero-order chi connectivity index (χ0) is 17.1. The Labute approximate surface area is 144 Å². The first-order valence-corrected chi connectivity index (χ1v) is 7.99. The fourth-order valence-electron chi connectivity index (χ4n) is 2.46. The van der Waals surface area contributed by atoms with Gasteiger partial charge in [-0.25, -0.2) is 0 Å². The first-order chi connectivity index (χ1) is 9.96. The Kier molecular flexibility index (Phi) is 7.76. The van der Waals surface area contributed by atoms with Crippen molar-refractivity contribution in [2.75, 3.05) is 6.61 Å². The maximum Gasteiger partial charge on any atom is 0.306 e. The average Bonchev–Trinajstić information content (AvgIpc) is 2.35. The maximum absolute atomic E-state index is 11.6. The summed E-state index contributed by atoms with van der Waals surface area (Å²) in [5, 5.41) is 10.7. The largest absolute Gasteiger partial charge is 0.507 e. The highest BCUT2D eigenvalue weighted by Gasteiger charge is 2.26. The van der Waals surface area contributed by atoms with Crippen LogP contribution >= 0.6 is 9.90 Å². The van der Waals surface area contributed by atoms with E-state index in [0.29, 0.717) is 25.2 Å². The third-order valence-electron chi connectivity index (χ3n) is 3.71.